The molecule has 0 saturated carbocycles. The molecule has 0 amide bonds. The van der Waals surface area contributed by atoms with Gasteiger partial charge in [-0.1, -0.05) is 84.0 Å². The van der Waals surface area contributed by atoms with E-state index in [4.69, 9.17) is 9.47 Å². The van der Waals surface area contributed by atoms with E-state index in [0.29, 0.717) is 28.1 Å². The minimum atomic E-state index is -0.825. The maximum absolute atomic E-state index is 13.9. The first kappa shape index (κ1) is 43.3. The minimum Gasteiger partial charge on any atom is -0.457 e. The molecule has 4 rings (SSSR count). The van der Waals surface area contributed by atoms with Crippen LogP contribution in [0.15, 0.2) is 95.6 Å². The molecule has 3 aromatic rings. The van der Waals surface area contributed by atoms with Crippen molar-refractivity contribution in [3.05, 3.63) is 133 Å². The highest BCUT2D eigenvalue weighted by molar-refractivity contribution is 5.99. The van der Waals surface area contributed by atoms with Crippen LogP contribution in [-0.2, 0) is 38.8 Å². The molecule has 0 bridgehead atoms. The maximum Gasteiger partial charge on any atom is 0.337 e. The summed E-state index contributed by atoms with van der Waals surface area (Å²) in [5.41, 5.74) is 3.25. The second-order valence-electron chi connectivity index (χ2n) is 14.6. The molecule has 12 nitrogen and oxygen atoms in total. The van der Waals surface area contributed by atoms with Crippen LogP contribution < -0.4 is 9.88 Å². The molecule has 1 aliphatic rings. The van der Waals surface area contributed by atoms with Crippen LogP contribution >= 0.6 is 0 Å². The van der Waals surface area contributed by atoms with E-state index < -0.39 is 27.7 Å². The lowest BCUT2D eigenvalue weighted by Gasteiger charge is -2.30. The van der Waals surface area contributed by atoms with Crippen LogP contribution in [0, 0.1) is 20.2 Å². The predicted molar refractivity (Wildman–Crippen MR) is 214 cm³/mol. The summed E-state index contributed by atoms with van der Waals surface area (Å²) in [6, 6.07) is 15.3. The zero-order chi connectivity index (χ0) is 40.3. The lowest BCUT2D eigenvalue weighted by Crippen LogP contribution is -2.36. The van der Waals surface area contributed by atoms with E-state index in [1.807, 2.05) is 24.5 Å². The third-order valence-electron chi connectivity index (χ3n) is 10.2. The number of non-ortho nitro benzene ring substituents is 2. The lowest BCUT2D eigenvalue weighted by molar-refractivity contribution is -0.697. The molecular weight excluding hydrogens is 713 g/mol. The minimum absolute atomic E-state index is 0.0702. The normalized spacial score (nSPS) is 13.1. The summed E-state index contributed by atoms with van der Waals surface area (Å²) in [4.78, 5) is 49.1. The summed E-state index contributed by atoms with van der Waals surface area (Å²) in [6.45, 7) is 6.29. The Morgan fingerprint density at radius 1 is 0.643 bits per heavy atom. The SMILES string of the molecule is CCCCCCCCCCCCCCCC[n+]1cccc(C2C(C(=O)OCc3ccc([N+](=O)[O-])cc3)=C(C)NC(C)=C2C(=O)OCc2ccc([N+](=O)[O-])cc2)c1. The van der Waals surface area contributed by atoms with Gasteiger partial charge in [-0.25, -0.2) is 14.2 Å². The van der Waals surface area contributed by atoms with Gasteiger partial charge in [0.05, 0.1) is 26.9 Å². The van der Waals surface area contributed by atoms with Crippen molar-refractivity contribution >= 4 is 23.3 Å². The zero-order valence-electron chi connectivity index (χ0n) is 33.1. The molecule has 1 N–H and O–H groups in total. The van der Waals surface area contributed by atoms with Crippen LogP contribution in [0.1, 0.15) is 133 Å². The predicted octanol–water partition coefficient (Wildman–Crippen LogP) is 9.99. The summed E-state index contributed by atoms with van der Waals surface area (Å²) in [7, 11) is 0. The van der Waals surface area contributed by atoms with Gasteiger partial charge in [-0.05, 0) is 61.7 Å². The molecular formula is C44H57N4O8+. The molecule has 1 aliphatic heterocycles. The Morgan fingerprint density at radius 3 is 1.46 bits per heavy atom. The number of unbranched alkanes of at least 4 members (excludes halogenated alkanes) is 13. The Kier molecular flexibility index (Phi) is 17.7. The smallest absolute Gasteiger partial charge is 0.337 e. The maximum atomic E-state index is 13.9. The van der Waals surface area contributed by atoms with Crippen LogP contribution in [0.25, 0.3) is 0 Å². The van der Waals surface area contributed by atoms with E-state index in [1.54, 1.807) is 13.8 Å². The molecule has 0 saturated heterocycles. The van der Waals surface area contributed by atoms with E-state index in [-0.39, 0.29) is 35.7 Å². The van der Waals surface area contributed by atoms with Crippen molar-refractivity contribution < 1.29 is 33.5 Å². The van der Waals surface area contributed by atoms with E-state index >= 15 is 0 Å². The second-order valence-corrected chi connectivity index (χ2v) is 14.6. The summed E-state index contributed by atoms with van der Waals surface area (Å²) >= 11 is 0. The Bertz CT molecular complexity index is 1740. The first-order valence-electron chi connectivity index (χ1n) is 20.1. The number of hydrogen-bond donors (Lipinski definition) is 1. The van der Waals surface area contributed by atoms with Gasteiger partial charge in [0.25, 0.3) is 11.4 Å². The third kappa shape index (κ3) is 13.4. The van der Waals surface area contributed by atoms with Gasteiger partial charge in [0.1, 0.15) is 19.8 Å². The van der Waals surface area contributed by atoms with Crippen LogP contribution in [-0.4, -0.2) is 21.8 Å². The molecule has 0 unspecified atom stereocenters. The average molecular weight is 770 g/mol. The molecule has 2 aromatic carbocycles. The highest BCUT2D eigenvalue weighted by atomic mass is 16.6. The van der Waals surface area contributed by atoms with Gasteiger partial charge in [-0.15, -0.1) is 0 Å². The fraction of sp³-hybridized carbons (Fsp3) is 0.477. The van der Waals surface area contributed by atoms with Crippen LogP contribution in [0.3, 0.4) is 0 Å². The summed E-state index contributed by atoms with van der Waals surface area (Å²) in [5.74, 6) is -2.11. The van der Waals surface area contributed by atoms with Crippen molar-refractivity contribution in [3.8, 4) is 0 Å². The number of pyridine rings is 1. The molecule has 0 radical (unpaired) electrons. The molecule has 12 heteroatoms. The van der Waals surface area contributed by atoms with Gasteiger partial charge in [-0.3, -0.25) is 20.2 Å². The number of benzene rings is 2. The zero-order valence-corrected chi connectivity index (χ0v) is 33.1. The number of nitrogens with one attached hydrogen (secondary N) is 1. The van der Waals surface area contributed by atoms with Crippen LogP contribution in [0.2, 0.25) is 0 Å². The molecule has 0 aliphatic carbocycles. The number of aryl methyl sites for hydroxylation is 1. The van der Waals surface area contributed by atoms with Crippen molar-refractivity contribution in [3.63, 3.8) is 0 Å². The highest BCUT2D eigenvalue weighted by Gasteiger charge is 2.39. The van der Waals surface area contributed by atoms with Gasteiger partial charge in [0.15, 0.2) is 12.4 Å². The summed E-state index contributed by atoms with van der Waals surface area (Å²) < 4.78 is 13.6. The average Bonchev–Trinajstić information content (AvgIpc) is 3.19. The molecule has 1 aromatic heterocycles. The van der Waals surface area contributed by atoms with Crippen molar-refractivity contribution in [2.75, 3.05) is 0 Å². The monoisotopic (exact) mass is 769 g/mol. The molecule has 0 fully saturated rings. The number of dihydropyridines is 1. The quantitative estimate of drug-likeness (QED) is 0.0308. The Balaban J connectivity index is 1.43. The topological polar surface area (TPSA) is 155 Å². The highest BCUT2D eigenvalue weighted by Crippen LogP contribution is 2.39. The van der Waals surface area contributed by atoms with Crippen molar-refractivity contribution in [2.24, 2.45) is 0 Å². The number of aromatic nitrogens is 1. The number of carbonyl (C=O) groups is 2. The van der Waals surface area contributed by atoms with Crippen LogP contribution in [0.4, 0.5) is 11.4 Å². The standard InChI is InChI=1S/C44H56N4O8/c1-4-5-6-7-8-9-10-11-12-13-14-15-16-17-28-46-29-18-19-37(30-46)42-40(43(49)55-31-35-20-24-38(25-21-35)47(51)52)33(2)45-34(3)41(42)44(50)56-32-36-22-26-39(27-23-36)48(53)54/h18-27,29-30,42H,4-17,28,31-32H2,1-3H3/p+1. The van der Waals surface area contributed by atoms with Crippen molar-refractivity contribution in [1.82, 2.24) is 5.32 Å². The van der Waals surface area contributed by atoms with Gasteiger partial charge in [0, 0.05) is 53.7 Å². The van der Waals surface area contributed by atoms with E-state index in [0.717, 1.165) is 19.4 Å². The number of carbonyl (C=O) groups excluding carboxylic acids is 2. The number of allylic oxidation sites excluding steroid dienone is 2. The van der Waals surface area contributed by atoms with E-state index in [1.165, 1.54) is 126 Å². The molecule has 0 spiro atoms. The molecule has 2 heterocycles. The fourth-order valence-corrected chi connectivity index (χ4v) is 7.09. The number of ether oxygens (including phenoxy) is 2. The summed E-state index contributed by atoms with van der Waals surface area (Å²) in [6.07, 6.45) is 21.9. The molecule has 56 heavy (non-hydrogen) atoms. The van der Waals surface area contributed by atoms with Crippen LogP contribution in [0.5, 0.6) is 0 Å². The van der Waals surface area contributed by atoms with Crippen molar-refractivity contribution in [2.45, 2.75) is 136 Å². The Hall–Kier alpha value is -5.39. The number of hydrogen-bond acceptors (Lipinski definition) is 9. The number of esters is 2. The lowest BCUT2D eigenvalue weighted by atomic mass is 9.81. The fourth-order valence-electron chi connectivity index (χ4n) is 7.09. The first-order chi connectivity index (χ1) is 27.1. The summed E-state index contributed by atoms with van der Waals surface area (Å²) in [5, 5.41) is 25.4. The largest absolute Gasteiger partial charge is 0.457 e. The number of rotatable bonds is 24. The van der Waals surface area contributed by atoms with E-state index in [2.05, 4.69) is 16.8 Å². The van der Waals surface area contributed by atoms with Gasteiger partial charge in [-0.2, -0.15) is 0 Å². The van der Waals surface area contributed by atoms with Gasteiger partial charge < -0.3 is 14.8 Å². The molecule has 300 valence electrons. The number of nitro groups is 2. The second kappa shape index (κ2) is 22.9. The number of nitro benzene ring substituents is 2. The first-order valence-corrected chi connectivity index (χ1v) is 20.1. The molecule has 0 atom stereocenters. The Morgan fingerprint density at radius 2 is 1.05 bits per heavy atom. The van der Waals surface area contributed by atoms with E-state index in [9.17, 15) is 29.8 Å². The third-order valence-corrected chi connectivity index (χ3v) is 10.2. The number of nitrogens with zero attached hydrogens (tertiary/aromatic N) is 3. The van der Waals surface area contributed by atoms with Gasteiger partial charge in [0.2, 0.25) is 0 Å². The Labute approximate surface area is 330 Å². The van der Waals surface area contributed by atoms with Gasteiger partial charge >= 0.3 is 11.9 Å². The van der Waals surface area contributed by atoms with Crippen molar-refractivity contribution in [1.29, 1.82) is 0 Å².